The van der Waals surface area contributed by atoms with Gasteiger partial charge in [-0.05, 0) is 0 Å². The molecule has 18 heteroatoms. The fraction of sp³-hybridized carbons (Fsp3) is 0.158. The van der Waals surface area contributed by atoms with E-state index in [-0.39, 0.29) is 0 Å². The molecule has 0 spiro atoms. The highest BCUT2D eigenvalue weighted by atomic mass is 19.2. The predicted molar refractivity (Wildman–Crippen MR) is 111 cm³/mol. The molecule has 0 aromatic heterocycles. The molecule has 37 heavy (non-hydrogen) atoms. The lowest BCUT2D eigenvalue weighted by atomic mass is 9.71. The van der Waals surface area contributed by atoms with Crippen LogP contribution in [0.1, 0.15) is 66.4 Å². The molecule has 2 aromatic carbocycles. The zero-order chi connectivity index (χ0) is 28.6. The lowest BCUT2D eigenvalue weighted by Crippen LogP contribution is -2.42. The van der Waals surface area contributed by atoms with Crippen molar-refractivity contribution in [1.29, 1.82) is 0 Å². The average Bonchev–Trinajstić information content (AvgIpc) is 2.87. The first-order valence-corrected chi connectivity index (χ1v) is 9.61. The van der Waals surface area contributed by atoms with Crippen LogP contribution in [0, 0.1) is 34.9 Å². The maximum Gasteiger partial charge on any atom is 0.269 e. The second kappa shape index (κ2) is 10.4. The second-order valence-corrected chi connectivity index (χ2v) is 7.65. The number of benzene rings is 2. The third-order valence-corrected chi connectivity index (χ3v) is 5.33. The van der Waals surface area contributed by atoms with Crippen LogP contribution in [0.15, 0.2) is 0 Å². The Hall–Kier alpha value is -4.26. The van der Waals surface area contributed by atoms with E-state index in [1.807, 2.05) is 0 Å². The van der Waals surface area contributed by atoms with Crippen LogP contribution >= 0.6 is 0 Å². The van der Waals surface area contributed by atoms with E-state index >= 15 is 8.78 Å². The summed E-state index contributed by atoms with van der Waals surface area (Å²) in [6.07, 6.45) is 0. The number of carbonyl (C=O) groups is 4. The van der Waals surface area contributed by atoms with Crippen molar-refractivity contribution in [3.8, 4) is 0 Å². The van der Waals surface area contributed by atoms with E-state index in [2.05, 4.69) is 0 Å². The van der Waals surface area contributed by atoms with Crippen molar-refractivity contribution < 1.29 is 45.5 Å². The average molecular weight is 536 g/mol. The van der Waals surface area contributed by atoms with E-state index < -0.39 is 97.3 Å². The van der Waals surface area contributed by atoms with E-state index in [9.17, 15) is 36.7 Å². The predicted octanol–water partition coefficient (Wildman–Crippen LogP) is -0.739. The standard InChI is InChI=1S/C19H18F6N8O4/c1-19(2,7-3(15(34)30-26)5(17(36)32-28)9(20)13(24)11(7)22)8-4(16(35)31-27)6(18(37)33-29)10(21)14(25)12(8)23/h26-29H2,1-2H3,(H,30,34)(H,31,35)(H,32,36)(H,33,37). The molecule has 0 aliphatic rings. The molecule has 12 N–H and O–H groups in total. The van der Waals surface area contributed by atoms with Crippen molar-refractivity contribution in [3.63, 3.8) is 0 Å². The summed E-state index contributed by atoms with van der Waals surface area (Å²) in [5.41, 5.74) is -5.65. The van der Waals surface area contributed by atoms with Crippen LogP contribution in [0.5, 0.6) is 0 Å². The summed E-state index contributed by atoms with van der Waals surface area (Å²) < 4.78 is 89.1. The number of nitrogens with one attached hydrogen (secondary N) is 4. The number of rotatable bonds is 6. The second-order valence-electron chi connectivity index (χ2n) is 7.65. The molecule has 0 saturated carbocycles. The van der Waals surface area contributed by atoms with Crippen LogP contribution in [0.25, 0.3) is 0 Å². The lowest BCUT2D eigenvalue weighted by molar-refractivity contribution is 0.0909. The van der Waals surface area contributed by atoms with Gasteiger partial charge < -0.3 is 0 Å². The highest BCUT2D eigenvalue weighted by molar-refractivity contribution is 6.10. The summed E-state index contributed by atoms with van der Waals surface area (Å²) in [5, 5.41) is 0. The van der Waals surface area contributed by atoms with Crippen molar-refractivity contribution in [2.75, 3.05) is 0 Å². The molecule has 0 atom stereocenters. The molecule has 0 aliphatic heterocycles. The normalized spacial score (nSPS) is 11.1. The highest BCUT2D eigenvalue weighted by Gasteiger charge is 2.45. The minimum absolute atomic E-state index is 0.730. The van der Waals surface area contributed by atoms with E-state index in [1.165, 1.54) is 21.7 Å². The van der Waals surface area contributed by atoms with Gasteiger partial charge in [-0.1, -0.05) is 13.8 Å². The number of amides is 4. The van der Waals surface area contributed by atoms with Crippen molar-refractivity contribution in [1.82, 2.24) is 21.7 Å². The maximum absolute atomic E-state index is 15.3. The summed E-state index contributed by atoms with van der Waals surface area (Å²) >= 11 is 0. The number of nitrogens with two attached hydrogens (primary N) is 4. The SMILES string of the molecule is CC(C)(c1c(F)c(F)c(F)c(C(=O)NN)c1C(=O)NN)c1c(F)c(F)c(F)c(C(=O)NN)c1C(=O)NN. The van der Waals surface area contributed by atoms with Gasteiger partial charge in [0.25, 0.3) is 23.6 Å². The molecule has 0 aliphatic carbocycles. The van der Waals surface area contributed by atoms with Crippen molar-refractivity contribution in [2.24, 2.45) is 23.4 Å². The largest absolute Gasteiger partial charge is 0.290 e. The van der Waals surface area contributed by atoms with Crippen LogP contribution in [0.2, 0.25) is 0 Å². The Morgan fingerprint density at radius 1 is 0.486 bits per heavy atom. The first-order chi connectivity index (χ1) is 17.1. The zero-order valence-electron chi connectivity index (χ0n) is 18.7. The van der Waals surface area contributed by atoms with Crippen molar-refractivity contribution in [2.45, 2.75) is 19.3 Å². The van der Waals surface area contributed by atoms with Crippen LogP contribution in [0.4, 0.5) is 26.3 Å². The van der Waals surface area contributed by atoms with Gasteiger partial charge in [0.05, 0.1) is 22.3 Å². The Morgan fingerprint density at radius 3 is 0.973 bits per heavy atom. The molecule has 2 rings (SSSR count). The van der Waals surface area contributed by atoms with E-state index in [0.29, 0.717) is 0 Å². The van der Waals surface area contributed by atoms with Crippen LogP contribution in [-0.4, -0.2) is 23.6 Å². The van der Waals surface area contributed by atoms with Gasteiger partial charge in [0.15, 0.2) is 34.9 Å². The number of hydrazine groups is 4. The topological polar surface area (TPSA) is 220 Å². The molecule has 0 heterocycles. The molecule has 0 radical (unpaired) electrons. The van der Waals surface area contributed by atoms with Gasteiger partial charge in [0.1, 0.15) is 0 Å². The molecular formula is C19H18F6N8O4. The quantitative estimate of drug-likeness (QED) is 0.0771. The first kappa shape index (κ1) is 29.0. The van der Waals surface area contributed by atoms with E-state index in [1.54, 1.807) is 0 Å². The van der Waals surface area contributed by atoms with Gasteiger partial charge in [0, 0.05) is 16.5 Å². The fourth-order valence-electron chi connectivity index (χ4n) is 3.79. The minimum Gasteiger partial charge on any atom is -0.290 e. The number of hydrogen-bond donors (Lipinski definition) is 8. The number of carbonyl (C=O) groups excluding carboxylic acids is 4. The highest BCUT2D eigenvalue weighted by Crippen LogP contribution is 2.43. The molecule has 0 bridgehead atoms. The fourth-order valence-corrected chi connectivity index (χ4v) is 3.79. The van der Waals surface area contributed by atoms with E-state index in [0.717, 1.165) is 13.8 Å². The van der Waals surface area contributed by atoms with Gasteiger partial charge in [-0.3, -0.25) is 40.9 Å². The molecule has 2 aromatic rings. The van der Waals surface area contributed by atoms with Crippen LogP contribution in [-0.2, 0) is 5.41 Å². The Labute approximate surface area is 202 Å². The Bertz CT molecular complexity index is 1250. The van der Waals surface area contributed by atoms with Gasteiger partial charge >= 0.3 is 0 Å². The van der Waals surface area contributed by atoms with Crippen LogP contribution in [0.3, 0.4) is 0 Å². The minimum atomic E-state index is -2.71. The molecule has 12 nitrogen and oxygen atoms in total. The molecule has 200 valence electrons. The molecule has 0 unspecified atom stereocenters. The summed E-state index contributed by atoms with van der Waals surface area (Å²) in [7, 11) is 0. The number of halogens is 6. The van der Waals surface area contributed by atoms with Crippen molar-refractivity contribution in [3.05, 3.63) is 68.3 Å². The molecule has 0 fully saturated rings. The number of hydrogen-bond acceptors (Lipinski definition) is 8. The van der Waals surface area contributed by atoms with Crippen LogP contribution < -0.4 is 45.1 Å². The zero-order valence-corrected chi connectivity index (χ0v) is 18.7. The first-order valence-electron chi connectivity index (χ1n) is 9.61. The van der Waals surface area contributed by atoms with Crippen molar-refractivity contribution >= 4 is 23.6 Å². The Balaban J connectivity index is 3.32. The van der Waals surface area contributed by atoms with Gasteiger partial charge in [0.2, 0.25) is 0 Å². The lowest BCUT2D eigenvalue weighted by Gasteiger charge is -2.32. The third kappa shape index (κ3) is 4.42. The van der Waals surface area contributed by atoms with Gasteiger partial charge in [-0.15, -0.1) is 0 Å². The van der Waals surface area contributed by atoms with Gasteiger partial charge in [-0.2, -0.15) is 0 Å². The third-order valence-electron chi connectivity index (χ3n) is 5.33. The monoisotopic (exact) mass is 536 g/mol. The van der Waals surface area contributed by atoms with E-state index in [4.69, 9.17) is 23.4 Å². The molecular weight excluding hydrogens is 518 g/mol. The summed E-state index contributed by atoms with van der Waals surface area (Å²) in [5.74, 6) is -0.485. The molecule has 0 saturated heterocycles. The summed E-state index contributed by atoms with van der Waals surface area (Å²) in [6, 6.07) is 0. The smallest absolute Gasteiger partial charge is 0.269 e. The Kier molecular flexibility index (Phi) is 8.13. The van der Waals surface area contributed by atoms with Gasteiger partial charge in [-0.25, -0.2) is 49.7 Å². The Morgan fingerprint density at radius 2 is 0.730 bits per heavy atom. The summed E-state index contributed by atoms with van der Waals surface area (Å²) in [4.78, 5) is 49.5. The summed E-state index contributed by atoms with van der Waals surface area (Å²) in [6.45, 7) is 1.46. The number of nitrogen functional groups attached to an aromatic ring is 4. The maximum atomic E-state index is 15.3. The molecule has 4 amide bonds.